The number of carbonyl (C=O) groups excluding carboxylic acids is 2. The fourth-order valence-electron chi connectivity index (χ4n) is 3.53. The van der Waals surface area contributed by atoms with Gasteiger partial charge in [-0.2, -0.15) is 0 Å². The Labute approximate surface area is 134 Å². The monoisotopic (exact) mass is 309 g/mol. The highest BCUT2D eigenvalue weighted by molar-refractivity contribution is 6.05. The van der Waals surface area contributed by atoms with Crippen LogP contribution in [0.25, 0.3) is 0 Å². The maximum atomic E-state index is 12.1. The summed E-state index contributed by atoms with van der Waals surface area (Å²) in [6.07, 6.45) is 12.7. The number of ether oxygens (including phenoxy) is 1. The number of unbranched alkanes of at least 4 members (excludes halogenated alkanes) is 9. The SMILES string of the molecule is CCCCCCCCCCCCN1C(=O)[C@H]2COC[C@H]2C1=O. The van der Waals surface area contributed by atoms with E-state index in [1.165, 1.54) is 56.3 Å². The fraction of sp³-hybridized carbons (Fsp3) is 0.889. The van der Waals surface area contributed by atoms with Crippen LogP contribution in [0.15, 0.2) is 0 Å². The Morgan fingerprint density at radius 1 is 0.818 bits per heavy atom. The van der Waals surface area contributed by atoms with Gasteiger partial charge in [-0.15, -0.1) is 0 Å². The molecule has 0 bridgehead atoms. The molecular weight excluding hydrogens is 278 g/mol. The van der Waals surface area contributed by atoms with Gasteiger partial charge in [-0.1, -0.05) is 64.7 Å². The summed E-state index contributed by atoms with van der Waals surface area (Å²) in [4.78, 5) is 25.7. The fourth-order valence-corrected chi connectivity index (χ4v) is 3.53. The summed E-state index contributed by atoms with van der Waals surface area (Å²) in [7, 11) is 0. The highest BCUT2D eigenvalue weighted by Crippen LogP contribution is 2.31. The first kappa shape index (κ1) is 17.5. The maximum absolute atomic E-state index is 12.1. The van der Waals surface area contributed by atoms with E-state index in [2.05, 4.69) is 6.92 Å². The number of hydrogen-bond donors (Lipinski definition) is 0. The number of likely N-dealkylation sites (tertiary alicyclic amines) is 1. The van der Waals surface area contributed by atoms with Gasteiger partial charge in [0.25, 0.3) is 0 Å². The van der Waals surface area contributed by atoms with Crippen LogP contribution in [0.5, 0.6) is 0 Å². The molecule has 0 aromatic rings. The topological polar surface area (TPSA) is 46.6 Å². The summed E-state index contributed by atoms with van der Waals surface area (Å²) in [6, 6.07) is 0. The van der Waals surface area contributed by atoms with E-state index in [1.807, 2.05) is 0 Å². The molecule has 2 fully saturated rings. The molecule has 2 amide bonds. The molecule has 22 heavy (non-hydrogen) atoms. The summed E-state index contributed by atoms with van der Waals surface area (Å²) in [5.74, 6) is -0.363. The standard InChI is InChI=1S/C18H31NO3/c1-2-3-4-5-6-7-8-9-10-11-12-19-17(20)15-13-22-14-16(15)18(19)21/h15-16H,2-14H2,1H3/t15-,16+. The van der Waals surface area contributed by atoms with Crippen molar-refractivity contribution in [3.8, 4) is 0 Å². The second kappa shape index (κ2) is 9.29. The molecule has 2 saturated heterocycles. The minimum absolute atomic E-state index is 0.00317. The van der Waals surface area contributed by atoms with Gasteiger partial charge < -0.3 is 4.74 Å². The number of imide groups is 1. The third-order valence-corrected chi connectivity index (χ3v) is 4.98. The minimum Gasteiger partial charge on any atom is -0.380 e. The zero-order chi connectivity index (χ0) is 15.8. The lowest BCUT2D eigenvalue weighted by Crippen LogP contribution is -2.33. The number of hydrogen-bond acceptors (Lipinski definition) is 3. The molecule has 2 aliphatic heterocycles. The van der Waals surface area contributed by atoms with Crippen molar-refractivity contribution in [1.82, 2.24) is 4.90 Å². The van der Waals surface area contributed by atoms with E-state index in [0.29, 0.717) is 19.8 Å². The van der Waals surface area contributed by atoms with Crippen LogP contribution >= 0.6 is 0 Å². The van der Waals surface area contributed by atoms with Crippen LogP contribution in [-0.4, -0.2) is 36.5 Å². The van der Waals surface area contributed by atoms with Crippen molar-refractivity contribution in [3.63, 3.8) is 0 Å². The predicted molar refractivity (Wildman–Crippen MR) is 86.4 cm³/mol. The van der Waals surface area contributed by atoms with Gasteiger partial charge in [-0.05, 0) is 6.42 Å². The molecule has 0 N–H and O–H groups in total. The lowest BCUT2D eigenvalue weighted by molar-refractivity contribution is -0.141. The smallest absolute Gasteiger partial charge is 0.235 e. The normalized spacial score (nSPS) is 24.3. The van der Waals surface area contributed by atoms with Crippen LogP contribution < -0.4 is 0 Å². The molecule has 4 heteroatoms. The number of amides is 2. The lowest BCUT2D eigenvalue weighted by Gasteiger charge is -2.15. The van der Waals surface area contributed by atoms with Gasteiger partial charge in [0.1, 0.15) is 0 Å². The van der Waals surface area contributed by atoms with E-state index in [-0.39, 0.29) is 23.7 Å². The summed E-state index contributed by atoms with van der Waals surface area (Å²) < 4.78 is 5.24. The molecule has 0 aliphatic carbocycles. The molecule has 2 atom stereocenters. The Morgan fingerprint density at radius 3 is 1.77 bits per heavy atom. The number of carbonyl (C=O) groups is 2. The van der Waals surface area contributed by atoms with Gasteiger partial charge in [0.05, 0.1) is 25.0 Å². The molecule has 0 saturated carbocycles. The van der Waals surface area contributed by atoms with E-state index in [1.54, 1.807) is 0 Å². The summed E-state index contributed by atoms with van der Waals surface area (Å²) in [5, 5.41) is 0. The summed E-state index contributed by atoms with van der Waals surface area (Å²) in [6.45, 7) is 3.73. The quantitative estimate of drug-likeness (QED) is 0.433. The second-order valence-electron chi connectivity index (χ2n) is 6.76. The summed E-state index contributed by atoms with van der Waals surface area (Å²) in [5.41, 5.74) is 0. The van der Waals surface area contributed by atoms with Gasteiger partial charge in [0, 0.05) is 6.54 Å². The van der Waals surface area contributed by atoms with Crippen molar-refractivity contribution >= 4 is 11.8 Å². The molecule has 2 aliphatic rings. The van der Waals surface area contributed by atoms with E-state index in [0.717, 1.165) is 12.8 Å². The van der Waals surface area contributed by atoms with Crippen LogP contribution in [0.1, 0.15) is 71.1 Å². The van der Waals surface area contributed by atoms with Gasteiger partial charge in [-0.25, -0.2) is 0 Å². The van der Waals surface area contributed by atoms with Crippen molar-refractivity contribution in [1.29, 1.82) is 0 Å². The summed E-state index contributed by atoms with van der Waals surface area (Å²) >= 11 is 0. The molecule has 0 unspecified atom stereocenters. The van der Waals surface area contributed by atoms with E-state index in [4.69, 9.17) is 4.74 Å². The van der Waals surface area contributed by atoms with Crippen LogP contribution in [0.3, 0.4) is 0 Å². The van der Waals surface area contributed by atoms with Crippen LogP contribution in [0.2, 0.25) is 0 Å². The van der Waals surface area contributed by atoms with Gasteiger partial charge in [-0.3, -0.25) is 14.5 Å². The zero-order valence-electron chi connectivity index (χ0n) is 14.0. The molecule has 0 aromatic carbocycles. The highest BCUT2D eigenvalue weighted by atomic mass is 16.5. The zero-order valence-corrected chi connectivity index (χ0v) is 14.0. The third-order valence-electron chi connectivity index (χ3n) is 4.98. The molecule has 2 rings (SSSR count). The van der Waals surface area contributed by atoms with Gasteiger partial charge >= 0.3 is 0 Å². The number of fused-ring (bicyclic) bond motifs is 1. The molecule has 0 spiro atoms. The second-order valence-corrected chi connectivity index (χ2v) is 6.76. The molecule has 126 valence electrons. The van der Waals surface area contributed by atoms with E-state index < -0.39 is 0 Å². The predicted octanol–water partition coefficient (Wildman–Crippen LogP) is 3.54. The lowest BCUT2D eigenvalue weighted by atomic mass is 10.00. The molecular formula is C18H31NO3. The van der Waals surface area contributed by atoms with E-state index in [9.17, 15) is 9.59 Å². The van der Waals surface area contributed by atoms with Crippen molar-refractivity contribution in [2.45, 2.75) is 71.1 Å². The Balaban J connectivity index is 1.49. The first-order valence-corrected chi connectivity index (χ1v) is 9.18. The van der Waals surface area contributed by atoms with Crippen LogP contribution in [0.4, 0.5) is 0 Å². The highest BCUT2D eigenvalue weighted by Gasteiger charge is 2.50. The first-order chi connectivity index (χ1) is 10.8. The molecule has 0 radical (unpaired) electrons. The van der Waals surface area contributed by atoms with Gasteiger partial charge in [0.2, 0.25) is 11.8 Å². The van der Waals surface area contributed by atoms with E-state index >= 15 is 0 Å². The molecule has 0 aromatic heterocycles. The number of nitrogens with zero attached hydrogens (tertiary/aromatic N) is 1. The largest absolute Gasteiger partial charge is 0.380 e. The van der Waals surface area contributed by atoms with Crippen molar-refractivity contribution < 1.29 is 14.3 Å². The van der Waals surface area contributed by atoms with Crippen molar-refractivity contribution in [2.75, 3.05) is 19.8 Å². The average Bonchev–Trinajstić information content (AvgIpc) is 3.08. The Hall–Kier alpha value is -0.900. The third kappa shape index (κ3) is 4.55. The van der Waals surface area contributed by atoms with Crippen LogP contribution in [-0.2, 0) is 14.3 Å². The minimum atomic E-state index is -0.185. The first-order valence-electron chi connectivity index (χ1n) is 9.18. The maximum Gasteiger partial charge on any atom is 0.235 e. The Kier molecular flexibility index (Phi) is 7.37. The van der Waals surface area contributed by atoms with Crippen molar-refractivity contribution in [2.24, 2.45) is 11.8 Å². The Morgan fingerprint density at radius 2 is 1.27 bits per heavy atom. The van der Waals surface area contributed by atoms with Gasteiger partial charge in [0.15, 0.2) is 0 Å². The number of rotatable bonds is 11. The molecule has 2 heterocycles. The Bertz CT molecular complexity index is 347. The molecule has 4 nitrogen and oxygen atoms in total. The van der Waals surface area contributed by atoms with Crippen LogP contribution in [0, 0.1) is 11.8 Å². The van der Waals surface area contributed by atoms with Crippen molar-refractivity contribution in [3.05, 3.63) is 0 Å². The average molecular weight is 309 g/mol.